The minimum atomic E-state index is -0.344. The topological polar surface area (TPSA) is 73.4 Å². The predicted molar refractivity (Wildman–Crippen MR) is 119 cm³/mol. The summed E-state index contributed by atoms with van der Waals surface area (Å²) in [6.45, 7) is 4.08. The summed E-state index contributed by atoms with van der Waals surface area (Å²) in [5, 5.41) is 4.39. The molecular weight excluding hydrogens is 378 g/mol. The molecule has 0 saturated heterocycles. The summed E-state index contributed by atoms with van der Waals surface area (Å²) in [6.07, 6.45) is 1.79. The number of methoxy groups -OCH3 is 1. The van der Waals surface area contributed by atoms with Crippen LogP contribution in [0.2, 0.25) is 0 Å². The quantitative estimate of drug-likeness (QED) is 0.309. The van der Waals surface area contributed by atoms with Gasteiger partial charge in [-0.25, -0.2) is 15.2 Å². The zero-order valence-corrected chi connectivity index (χ0v) is 17.4. The maximum Gasteiger partial charge on any atom is 0.337 e. The van der Waals surface area contributed by atoms with Crippen molar-refractivity contribution in [1.82, 2.24) is 14.1 Å². The molecule has 0 aliphatic rings. The van der Waals surface area contributed by atoms with Gasteiger partial charge in [-0.3, -0.25) is 0 Å². The van der Waals surface area contributed by atoms with Gasteiger partial charge in [-0.1, -0.05) is 12.1 Å². The van der Waals surface area contributed by atoms with Crippen molar-refractivity contribution < 1.29 is 9.53 Å². The van der Waals surface area contributed by atoms with Crippen molar-refractivity contribution in [2.45, 2.75) is 13.8 Å². The minimum absolute atomic E-state index is 0.344. The number of benzene rings is 2. The van der Waals surface area contributed by atoms with Crippen molar-refractivity contribution >= 4 is 29.2 Å². The third-order valence-electron chi connectivity index (χ3n) is 5.17. The number of hydrazone groups is 1. The van der Waals surface area contributed by atoms with Crippen LogP contribution in [0.4, 0.5) is 5.95 Å². The Morgan fingerprint density at radius 2 is 1.87 bits per heavy atom. The number of para-hydroxylation sites is 2. The van der Waals surface area contributed by atoms with Crippen molar-refractivity contribution in [3.05, 3.63) is 77.1 Å². The van der Waals surface area contributed by atoms with E-state index in [1.807, 2.05) is 61.9 Å². The van der Waals surface area contributed by atoms with Crippen LogP contribution in [0.25, 0.3) is 16.7 Å². The van der Waals surface area contributed by atoms with Gasteiger partial charge in [0.1, 0.15) is 0 Å². The lowest BCUT2D eigenvalue weighted by Gasteiger charge is -2.10. The molecule has 2 aromatic heterocycles. The van der Waals surface area contributed by atoms with Crippen LogP contribution in [-0.2, 0) is 11.8 Å². The SMILES string of the molecule is COC(=O)c1ccc(-n2c(C)cc(/C=N\Nc3nc4ccccc4n3C)c2C)cc1. The lowest BCUT2D eigenvalue weighted by molar-refractivity contribution is 0.0600. The number of esters is 1. The number of imidazole rings is 1. The maximum atomic E-state index is 11.7. The lowest BCUT2D eigenvalue weighted by atomic mass is 10.2. The standard InChI is InChI=1S/C23H23N5O2/c1-15-13-18(14-24-26-23-25-20-7-5-6-8-21(20)27(23)3)16(2)28(15)19-11-9-17(10-12-19)22(29)30-4/h5-14H,1-4H3,(H,25,26)/b24-14-. The number of fused-ring (bicyclic) bond motifs is 1. The average molecular weight is 401 g/mol. The van der Waals surface area contributed by atoms with Gasteiger partial charge in [0.25, 0.3) is 0 Å². The van der Waals surface area contributed by atoms with E-state index in [-0.39, 0.29) is 5.97 Å². The molecule has 2 heterocycles. The van der Waals surface area contributed by atoms with Gasteiger partial charge in [0.2, 0.25) is 5.95 Å². The van der Waals surface area contributed by atoms with Gasteiger partial charge in [0.15, 0.2) is 0 Å². The molecule has 7 nitrogen and oxygen atoms in total. The highest BCUT2D eigenvalue weighted by atomic mass is 16.5. The van der Waals surface area contributed by atoms with Crippen LogP contribution in [0.1, 0.15) is 27.3 Å². The van der Waals surface area contributed by atoms with Gasteiger partial charge in [0.05, 0.1) is 29.9 Å². The monoisotopic (exact) mass is 401 g/mol. The van der Waals surface area contributed by atoms with E-state index in [0.717, 1.165) is 33.7 Å². The van der Waals surface area contributed by atoms with E-state index in [2.05, 4.69) is 26.1 Å². The van der Waals surface area contributed by atoms with Crippen molar-refractivity contribution in [3.63, 3.8) is 0 Å². The second-order valence-electron chi connectivity index (χ2n) is 7.05. The maximum absolute atomic E-state index is 11.7. The Morgan fingerprint density at radius 1 is 1.13 bits per heavy atom. The van der Waals surface area contributed by atoms with Gasteiger partial charge in [0, 0.05) is 29.7 Å². The Morgan fingerprint density at radius 3 is 2.57 bits per heavy atom. The molecule has 4 rings (SSSR count). The molecule has 0 atom stereocenters. The van der Waals surface area contributed by atoms with Crippen LogP contribution in [0.3, 0.4) is 0 Å². The molecular formula is C23H23N5O2. The van der Waals surface area contributed by atoms with Crippen LogP contribution in [0.5, 0.6) is 0 Å². The highest BCUT2D eigenvalue weighted by molar-refractivity contribution is 5.89. The predicted octanol–water partition coefficient (Wildman–Crippen LogP) is 4.21. The Kier molecular flexibility index (Phi) is 5.10. The largest absolute Gasteiger partial charge is 0.465 e. The average Bonchev–Trinajstić information content (AvgIpc) is 3.23. The van der Waals surface area contributed by atoms with Gasteiger partial charge >= 0.3 is 5.97 Å². The Labute approximate surface area is 174 Å². The number of carbonyl (C=O) groups is 1. The van der Waals surface area contributed by atoms with E-state index in [1.54, 1.807) is 18.3 Å². The van der Waals surface area contributed by atoms with Crippen LogP contribution in [0.15, 0.2) is 59.7 Å². The molecule has 0 bridgehead atoms. The first-order valence-electron chi connectivity index (χ1n) is 9.58. The van der Waals surface area contributed by atoms with Crippen molar-refractivity contribution in [2.75, 3.05) is 12.5 Å². The fourth-order valence-electron chi connectivity index (χ4n) is 3.59. The summed E-state index contributed by atoms with van der Waals surface area (Å²) in [6, 6.07) is 17.4. The first-order chi connectivity index (χ1) is 14.5. The van der Waals surface area contributed by atoms with E-state index in [1.165, 1.54) is 7.11 Å². The molecule has 0 amide bonds. The van der Waals surface area contributed by atoms with Crippen LogP contribution in [0, 0.1) is 13.8 Å². The number of carbonyl (C=O) groups excluding carboxylic acids is 1. The summed E-state index contributed by atoms with van der Waals surface area (Å²) in [4.78, 5) is 16.2. The molecule has 152 valence electrons. The number of ether oxygens (including phenoxy) is 1. The number of hydrogen-bond donors (Lipinski definition) is 1. The minimum Gasteiger partial charge on any atom is -0.465 e. The van der Waals surface area contributed by atoms with E-state index in [0.29, 0.717) is 11.5 Å². The second-order valence-corrected chi connectivity index (χ2v) is 7.05. The van der Waals surface area contributed by atoms with Crippen molar-refractivity contribution in [2.24, 2.45) is 12.1 Å². The molecule has 0 spiro atoms. The van der Waals surface area contributed by atoms with E-state index in [9.17, 15) is 4.79 Å². The van der Waals surface area contributed by atoms with E-state index in [4.69, 9.17) is 4.74 Å². The summed E-state index contributed by atoms with van der Waals surface area (Å²) in [5.41, 5.74) is 9.62. The summed E-state index contributed by atoms with van der Waals surface area (Å²) < 4.78 is 8.86. The van der Waals surface area contributed by atoms with Gasteiger partial charge < -0.3 is 13.9 Å². The fourth-order valence-corrected chi connectivity index (χ4v) is 3.59. The smallest absolute Gasteiger partial charge is 0.337 e. The summed E-state index contributed by atoms with van der Waals surface area (Å²) in [7, 11) is 3.33. The van der Waals surface area contributed by atoms with Crippen LogP contribution < -0.4 is 5.43 Å². The molecule has 0 saturated carbocycles. The fraction of sp³-hybridized carbons (Fsp3) is 0.174. The number of anilines is 1. The number of aryl methyl sites for hydroxylation is 2. The number of nitrogens with zero attached hydrogens (tertiary/aromatic N) is 4. The number of hydrogen-bond acceptors (Lipinski definition) is 5. The van der Waals surface area contributed by atoms with Crippen LogP contribution in [-0.4, -0.2) is 33.4 Å². The first-order valence-corrected chi connectivity index (χ1v) is 9.58. The molecule has 4 aromatic rings. The zero-order chi connectivity index (χ0) is 21.3. The van der Waals surface area contributed by atoms with Crippen molar-refractivity contribution in [1.29, 1.82) is 0 Å². The lowest BCUT2D eigenvalue weighted by Crippen LogP contribution is -2.03. The van der Waals surface area contributed by atoms with Crippen LogP contribution >= 0.6 is 0 Å². The highest BCUT2D eigenvalue weighted by Gasteiger charge is 2.11. The molecule has 0 radical (unpaired) electrons. The van der Waals surface area contributed by atoms with Gasteiger partial charge in [-0.05, 0) is 56.3 Å². The van der Waals surface area contributed by atoms with E-state index >= 15 is 0 Å². The molecule has 0 fully saturated rings. The second kappa shape index (κ2) is 7.87. The summed E-state index contributed by atoms with van der Waals surface area (Å²) in [5.74, 6) is 0.336. The highest BCUT2D eigenvalue weighted by Crippen LogP contribution is 2.21. The number of nitrogens with one attached hydrogen (secondary N) is 1. The van der Waals surface area contributed by atoms with Crippen molar-refractivity contribution in [3.8, 4) is 5.69 Å². The van der Waals surface area contributed by atoms with Gasteiger partial charge in [-0.15, -0.1) is 0 Å². The third-order valence-corrected chi connectivity index (χ3v) is 5.17. The molecule has 1 N–H and O–H groups in total. The first kappa shape index (κ1) is 19.4. The third kappa shape index (κ3) is 3.45. The molecule has 30 heavy (non-hydrogen) atoms. The Bertz CT molecular complexity index is 1250. The van der Waals surface area contributed by atoms with Gasteiger partial charge in [-0.2, -0.15) is 5.10 Å². The molecule has 0 aliphatic carbocycles. The number of rotatable bonds is 5. The summed E-state index contributed by atoms with van der Waals surface area (Å²) >= 11 is 0. The Hall–Kier alpha value is -3.87. The van der Waals surface area contributed by atoms with E-state index < -0.39 is 0 Å². The molecule has 0 unspecified atom stereocenters. The Balaban J connectivity index is 1.57. The normalized spacial score (nSPS) is 11.3. The molecule has 7 heteroatoms. The number of aromatic nitrogens is 3. The molecule has 2 aromatic carbocycles. The zero-order valence-electron chi connectivity index (χ0n) is 17.4. The molecule has 0 aliphatic heterocycles.